The number of Topliss-reactive ketones (excluding diaryl/α,β-unsaturated/α-hetero) is 1. The van der Waals surface area contributed by atoms with E-state index in [0.29, 0.717) is 95.3 Å². The van der Waals surface area contributed by atoms with Gasteiger partial charge in [0.1, 0.15) is 19.3 Å². The first-order valence-corrected chi connectivity index (χ1v) is 34.1. The number of carbonyl (C=O) groups is 9. The van der Waals surface area contributed by atoms with Crippen molar-refractivity contribution in [2.75, 3.05) is 44.7 Å². The van der Waals surface area contributed by atoms with Gasteiger partial charge in [-0.05, 0) is 130 Å². The number of urea groups is 1. The molecule has 4 aliphatic heterocycles. The molecule has 0 bridgehead atoms. The van der Waals surface area contributed by atoms with E-state index >= 15 is 0 Å². The highest BCUT2D eigenvalue weighted by molar-refractivity contribution is 5.97. The lowest BCUT2D eigenvalue weighted by Gasteiger charge is -2.39. The maximum Gasteiger partial charge on any atom is 0.429 e. The number of ketones is 1. The van der Waals surface area contributed by atoms with Gasteiger partial charge in [-0.3, -0.25) is 28.8 Å². The van der Waals surface area contributed by atoms with E-state index in [1.807, 2.05) is 64.1 Å². The lowest BCUT2D eigenvalue weighted by molar-refractivity contribution is -0.155. The molecule has 0 radical (unpaired) electrons. The molecule has 4 saturated heterocycles. The van der Waals surface area contributed by atoms with Gasteiger partial charge >= 0.3 is 24.2 Å². The number of carbonyl (C=O) groups excluding carboxylic acids is 9. The zero-order valence-corrected chi connectivity index (χ0v) is 56.6. The van der Waals surface area contributed by atoms with Crippen LogP contribution >= 0.6 is 0 Å². The lowest BCUT2D eigenvalue weighted by Crippen LogP contribution is -2.54. The van der Waals surface area contributed by atoms with Gasteiger partial charge in [0.25, 0.3) is 0 Å². The third kappa shape index (κ3) is 22.1. The number of hydrogen-bond donors (Lipinski definition) is 6. The average molecular weight is 1330 g/mol. The summed E-state index contributed by atoms with van der Waals surface area (Å²) in [6.07, 6.45) is 12.9. The van der Waals surface area contributed by atoms with Gasteiger partial charge in [0.15, 0.2) is 5.78 Å². The number of nitrogens with one attached hydrogen (secondary N) is 5. The molecule has 23 nitrogen and oxygen atoms in total. The fourth-order valence-electron chi connectivity index (χ4n) is 13.1. The van der Waals surface area contributed by atoms with Crippen molar-refractivity contribution < 1.29 is 71.6 Å². The number of primary amides is 1. The predicted molar refractivity (Wildman–Crippen MR) is 360 cm³/mol. The van der Waals surface area contributed by atoms with Crippen molar-refractivity contribution in [3.8, 4) is 11.1 Å². The number of nitrogens with zero attached hydrogens (tertiary/aromatic N) is 2. The number of unbranched alkanes of at least 4 members (excludes halogenated alkanes) is 2. The Labute approximate surface area is 563 Å². The molecule has 5 aliphatic rings. The van der Waals surface area contributed by atoms with Crippen LogP contribution in [0.25, 0.3) is 11.1 Å². The molecule has 8 amide bonds. The molecule has 96 heavy (non-hydrogen) atoms. The Morgan fingerprint density at radius 3 is 2.16 bits per heavy atom. The molecular weight excluding hydrogens is 1230 g/mol. The van der Waals surface area contributed by atoms with Gasteiger partial charge in [-0.15, -0.1) is 0 Å². The van der Waals surface area contributed by atoms with Crippen molar-refractivity contribution in [1.29, 1.82) is 0 Å². The first-order valence-electron chi connectivity index (χ1n) is 34.1. The van der Waals surface area contributed by atoms with Crippen molar-refractivity contribution in [1.82, 2.24) is 31.3 Å². The topological polar surface area (TPSA) is 305 Å². The lowest BCUT2D eigenvalue weighted by atomic mass is 9.88. The Balaban J connectivity index is 0.750. The number of alkyl carbamates (subject to hydrolysis) is 1. The first-order chi connectivity index (χ1) is 46.0. The van der Waals surface area contributed by atoms with Crippen molar-refractivity contribution in [2.24, 2.45) is 23.5 Å². The largest absolute Gasteiger partial charge is 0.459 e. The van der Waals surface area contributed by atoms with Crippen LogP contribution in [0.15, 0.2) is 109 Å². The van der Waals surface area contributed by atoms with Crippen LogP contribution in [0.4, 0.5) is 20.1 Å². The Hall–Kier alpha value is -8.41. The second kappa shape index (κ2) is 35.5. The minimum Gasteiger partial charge on any atom is -0.459 e. The smallest absolute Gasteiger partial charge is 0.429 e. The fourth-order valence-corrected chi connectivity index (χ4v) is 13.1. The molecule has 0 aromatic heterocycles. The van der Waals surface area contributed by atoms with Crippen LogP contribution in [0.2, 0.25) is 0 Å². The molecule has 1 spiro atoms. The number of ether oxygens (including phenoxy) is 6. The molecule has 0 saturated carbocycles. The summed E-state index contributed by atoms with van der Waals surface area (Å²) in [6, 6.07) is 21.3. The zero-order valence-electron chi connectivity index (χ0n) is 56.6. The highest BCUT2D eigenvalue weighted by Gasteiger charge is 2.52. The van der Waals surface area contributed by atoms with E-state index in [-0.39, 0.29) is 117 Å². The number of fused-ring (bicyclic) bond motifs is 3. The fraction of sp³-hybridized carbons (Fsp3) is 0.548. The molecular formula is C73H98N8O15. The van der Waals surface area contributed by atoms with E-state index in [4.69, 9.17) is 34.2 Å². The Bertz CT molecular complexity index is 3250. The number of allylic oxidation sites excluding steroid dienone is 2. The van der Waals surface area contributed by atoms with Crippen LogP contribution in [0.5, 0.6) is 0 Å². The second-order valence-electron chi connectivity index (χ2n) is 26.5. The van der Waals surface area contributed by atoms with Gasteiger partial charge in [0.2, 0.25) is 23.6 Å². The standard InChI is InChI=1S/C73H98N8O15/c1-46(2)68(79-65(84)23-9-8-14-34-76-71(89)91-44-61-59-21-12-10-19-57(59)58-20-11-13-22-60(58)61)63(83)39-53(18-17-35-75-70(74)88)69(87)77-54-29-27-52(28-30-54)43-92-72(90)81-37-16-15-36-80(81)67(86)40-56-42-73(45-93-73)41-55(96-56)31-24-47(3)25-32-64-48(4)38-62(50(6)95-64)78-66(85)33-26-49(5)94-51(7)82/h10-13,19-22,24-31,33,46,48-50,53,55-56,61-62,64,68H,8-9,14-18,23,32,34-45H2,1-7H3,(H,76,89)(H,77,87)(H,78,85)(H,79,84)(H3,74,75,88)/b31-24+,33-26-,47-25+/t48-,49-,50+,53+,55?,56+,62+,64-,68-,73+/m0/s1. The number of rotatable bonds is 31. The predicted octanol–water partition coefficient (Wildman–Crippen LogP) is 9.77. The van der Waals surface area contributed by atoms with E-state index in [0.717, 1.165) is 34.2 Å². The van der Waals surface area contributed by atoms with Gasteiger partial charge in [-0.1, -0.05) is 112 Å². The van der Waals surface area contributed by atoms with Crippen molar-refractivity contribution in [3.05, 3.63) is 125 Å². The van der Waals surface area contributed by atoms with Crippen LogP contribution in [0, 0.1) is 17.8 Å². The summed E-state index contributed by atoms with van der Waals surface area (Å²) >= 11 is 0. The number of amides is 8. The van der Waals surface area contributed by atoms with Crippen LogP contribution in [0.3, 0.4) is 0 Å². The third-order valence-electron chi connectivity index (χ3n) is 18.4. The Kier molecular flexibility index (Phi) is 27.2. The Morgan fingerprint density at radius 2 is 1.48 bits per heavy atom. The zero-order chi connectivity index (χ0) is 68.9. The van der Waals surface area contributed by atoms with Crippen molar-refractivity contribution in [3.63, 3.8) is 0 Å². The normalized spacial score (nSPS) is 22.5. The summed E-state index contributed by atoms with van der Waals surface area (Å²) in [4.78, 5) is 117. The average Bonchev–Trinajstić information content (AvgIpc) is 1.62. The van der Waals surface area contributed by atoms with E-state index in [2.05, 4.69) is 63.8 Å². The van der Waals surface area contributed by atoms with Gasteiger partial charge in [0.05, 0.1) is 55.1 Å². The summed E-state index contributed by atoms with van der Waals surface area (Å²) in [5.41, 5.74) is 11.6. The number of nitrogens with two attached hydrogens (primary N) is 1. The SMILES string of the molecule is CC(=O)O[C@@H](C)/C=C\C(=O)N[C@@H]1C[C@H](C)[C@H](C/C=C(C)/C=C/C2C[C@]3(CO3)C[C@@H](CC(=O)N3CCCCN3C(=O)OCc3ccc(NC(=O)[C@H](CCCNC(N)=O)CC(=O)[C@@H](NC(=O)CCCCCNC(=O)OCC4c5ccccc5-c5ccccc54)C(C)C)cc3)O2)O[C@@H]1C. The molecule has 520 valence electrons. The maximum atomic E-state index is 14.1. The number of hydrazine groups is 1. The van der Waals surface area contributed by atoms with Gasteiger partial charge in [-0.2, -0.15) is 0 Å². The van der Waals surface area contributed by atoms with Gasteiger partial charge < -0.3 is 60.7 Å². The molecule has 1 aliphatic carbocycles. The van der Waals surface area contributed by atoms with E-state index in [9.17, 15) is 43.2 Å². The monoisotopic (exact) mass is 1330 g/mol. The Morgan fingerprint density at radius 1 is 0.792 bits per heavy atom. The molecule has 23 heteroatoms. The van der Waals surface area contributed by atoms with Crippen LogP contribution in [0.1, 0.15) is 161 Å². The maximum absolute atomic E-state index is 14.1. The van der Waals surface area contributed by atoms with Crippen LogP contribution < -0.4 is 32.3 Å². The summed E-state index contributed by atoms with van der Waals surface area (Å²) in [6.45, 7) is 14.6. The molecule has 4 heterocycles. The number of epoxide rings is 1. The van der Waals surface area contributed by atoms with Gasteiger partial charge in [0, 0.05) is 82.4 Å². The quantitative estimate of drug-likeness (QED) is 0.00872. The van der Waals surface area contributed by atoms with Crippen LogP contribution in [-0.2, 0) is 63.8 Å². The first kappa shape index (κ1) is 73.4. The van der Waals surface area contributed by atoms with E-state index < -0.39 is 54.3 Å². The number of hydrogen-bond acceptors (Lipinski definition) is 15. The van der Waals surface area contributed by atoms with Crippen LogP contribution in [-0.4, -0.2) is 151 Å². The molecule has 1 unspecified atom stereocenters. The minimum atomic E-state index is -0.855. The number of anilines is 1. The summed E-state index contributed by atoms with van der Waals surface area (Å²) < 4.78 is 35.3. The molecule has 3 aromatic rings. The molecule has 7 N–H and O–H groups in total. The summed E-state index contributed by atoms with van der Waals surface area (Å²) in [5.74, 6) is -2.96. The summed E-state index contributed by atoms with van der Waals surface area (Å²) in [7, 11) is 0. The molecule has 4 fully saturated rings. The highest BCUT2D eigenvalue weighted by atomic mass is 16.6. The molecule has 8 rings (SSSR count). The van der Waals surface area contributed by atoms with E-state index in [1.54, 1.807) is 37.3 Å². The summed E-state index contributed by atoms with van der Waals surface area (Å²) in [5, 5.41) is 17.0. The van der Waals surface area contributed by atoms with Crippen molar-refractivity contribution in [2.45, 2.75) is 199 Å². The molecule has 10 atom stereocenters. The second-order valence-corrected chi connectivity index (χ2v) is 26.5. The van der Waals surface area contributed by atoms with Crippen molar-refractivity contribution >= 4 is 59.3 Å². The number of benzene rings is 3. The number of esters is 1. The van der Waals surface area contributed by atoms with Gasteiger partial charge in [-0.25, -0.2) is 24.4 Å². The third-order valence-corrected chi connectivity index (χ3v) is 18.4. The van der Waals surface area contributed by atoms with E-state index in [1.165, 1.54) is 23.0 Å². The minimum absolute atomic E-state index is 0.0437. The highest BCUT2D eigenvalue weighted by Crippen LogP contribution is 2.45. The molecule has 3 aromatic carbocycles.